The second-order valence-corrected chi connectivity index (χ2v) is 4.79. The van der Waals surface area contributed by atoms with Gasteiger partial charge in [0.1, 0.15) is 11.5 Å². The first kappa shape index (κ1) is 16.5. The summed E-state index contributed by atoms with van der Waals surface area (Å²) in [6.45, 7) is 2.06. The van der Waals surface area contributed by atoms with Gasteiger partial charge in [0.05, 0.1) is 13.0 Å². The van der Waals surface area contributed by atoms with E-state index in [9.17, 15) is 9.59 Å². The minimum atomic E-state index is -0.366. The molecule has 0 aliphatic rings. The van der Waals surface area contributed by atoms with Crippen molar-refractivity contribution < 1.29 is 19.1 Å². The predicted octanol–water partition coefficient (Wildman–Crippen LogP) is 3.76. The molecule has 120 valence electrons. The third kappa shape index (κ3) is 5.82. The molecule has 5 nitrogen and oxygen atoms in total. The number of carbonyl (C=O) groups is 2. The van der Waals surface area contributed by atoms with E-state index in [0.29, 0.717) is 18.0 Å². The average molecular weight is 313 g/mol. The van der Waals surface area contributed by atoms with E-state index in [1.807, 2.05) is 30.3 Å². The Labute approximate surface area is 135 Å². The summed E-state index contributed by atoms with van der Waals surface area (Å²) >= 11 is 0. The lowest BCUT2D eigenvalue weighted by atomic mass is 10.2. The number of nitrogens with one attached hydrogen (secondary N) is 1. The minimum absolute atomic E-state index is 0.0782. The first-order valence-corrected chi connectivity index (χ1v) is 7.46. The van der Waals surface area contributed by atoms with Crippen LogP contribution >= 0.6 is 0 Å². The SMILES string of the molecule is CCOC(=O)CCC(=O)Nc1ccc(Oc2ccccc2)cc1. The zero-order valence-corrected chi connectivity index (χ0v) is 13.0. The summed E-state index contributed by atoms with van der Waals surface area (Å²) in [5.74, 6) is 0.837. The van der Waals surface area contributed by atoms with Crippen LogP contribution in [0.4, 0.5) is 5.69 Å². The lowest BCUT2D eigenvalue weighted by Crippen LogP contribution is -2.14. The zero-order valence-electron chi connectivity index (χ0n) is 13.0. The van der Waals surface area contributed by atoms with Crippen molar-refractivity contribution in [3.63, 3.8) is 0 Å². The predicted molar refractivity (Wildman–Crippen MR) is 87.5 cm³/mol. The Morgan fingerprint density at radius 2 is 1.57 bits per heavy atom. The van der Waals surface area contributed by atoms with Gasteiger partial charge in [0.15, 0.2) is 0 Å². The fourth-order valence-corrected chi connectivity index (χ4v) is 1.90. The molecule has 0 aromatic heterocycles. The zero-order chi connectivity index (χ0) is 16.5. The van der Waals surface area contributed by atoms with Gasteiger partial charge in [0.25, 0.3) is 0 Å². The summed E-state index contributed by atoms with van der Waals surface area (Å²) in [6.07, 6.45) is 0.177. The van der Waals surface area contributed by atoms with Gasteiger partial charge in [0, 0.05) is 12.1 Å². The number of rotatable bonds is 7. The molecule has 2 aromatic rings. The highest BCUT2D eigenvalue weighted by molar-refractivity contribution is 5.92. The maximum absolute atomic E-state index is 11.7. The molecule has 0 saturated heterocycles. The molecule has 2 rings (SSSR count). The van der Waals surface area contributed by atoms with Crippen LogP contribution in [-0.4, -0.2) is 18.5 Å². The highest BCUT2D eigenvalue weighted by Crippen LogP contribution is 2.22. The second kappa shape index (κ2) is 8.58. The lowest BCUT2D eigenvalue weighted by molar-refractivity contribution is -0.144. The maximum Gasteiger partial charge on any atom is 0.306 e. The van der Waals surface area contributed by atoms with Crippen LogP contribution in [0.25, 0.3) is 0 Å². The summed E-state index contributed by atoms with van der Waals surface area (Å²) < 4.78 is 10.4. The number of hydrogen-bond acceptors (Lipinski definition) is 4. The molecule has 1 amide bonds. The van der Waals surface area contributed by atoms with Gasteiger partial charge in [-0.05, 0) is 43.3 Å². The number of ether oxygens (including phenoxy) is 2. The molecular formula is C18H19NO4. The number of benzene rings is 2. The van der Waals surface area contributed by atoms with Crippen molar-refractivity contribution in [1.29, 1.82) is 0 Å². The van der Waals surface area contributed by atoms with E-state index < -0.39 is 0 Å². The van der Waals surface area contributed by atoms with Crippen LogP contribution < -0.4 is 10.1 Å². The van der Waals surface area contributed by atoms with Gasteiger partial charge in [-0.2, -0.15) is 0 Å². The molecule has 0 fully saturated rings. The Balaban J connectivity index is 1.82. The normalized spacial score (nSPS) is 9.96. The molecule has 0 radical (unpaired) electrons. The van der Waals surface area contributed by atoms with Crippen molar-refractivity contribution in [2.75, 3.05) is 11.9 Å². The third-order valence-electron chi connectivity index (χ3n) is 2.98. The summed E-state index contributed by atoms with van der Waals surface area (Å²) in [4.78, 5) is 22.9. The molecular weight excluding hydrogens is 294 g/mol. The Kier molecular flexibility index (Phi) is 6.17. The Bertz CT molecular complexity index is 638. The van der Waals surface area contributed by atoms with Gasteiger partial charge in [-0.1, -0.05) is 18.2 Å². The van der Waals surface area contributed by atoms with Gasteiger partial charge in [-0.15, -0.1) is 0 Å². The molecule has 0 spiro atoms. The highest BCUT2D eigenvalue weighted by atomic mass is 16.5. The molecule has 0 bridgehead atoms. The lowest BCUT2D eigenvalue weighted by Gasteiger charge is -2.08. The van der Waals surface area contributed by atoms with Crippen LogP contribution in [0.5, 0.6) is 11.5 Å². The highest BCUT2D eigenvalue weighted by Gasteiger charge is 2.08. The standard InChI is InChI=1S/C18H19NO4/c1-2-22-18(21)13-12-17(20)19-14-8-10-16(11-9-14)23-15-6-4-3-5-7-15/h3-11H,2,12-13H2,1H3,(H,19,20). The van der Waals surface area contributed by atoms with Crippen LogP contribution in [0.3, 0.4) is 0 Å². The quantitative estimate of drug-likeness (QED) is 0.790. The second-order valence-electron chi connectivity index (χ2n) is 4.79. The van der Waals surface area contributed by atoms with Crippen molar-refractivity contribution in [2.45, 2.75) is 19.8 Å². The smallest absolute Gasteiger partial charge is 0.306 e. The van der Waals surface area contributed by atoms with E-state index in [2.05, 4.69) is 5.32 Å². The van der Waals surface area contributed by atoms with Crippen LogP contribution in [0.2, 0.25) is 0 Å². The van der Waals surface area contributed by atoms with Crippen molar-refractivity contribution in [3.05, 3.63) is 54.6 Å². The number of anilines is 1. The van der Waals surface area contributed by atoms with E-state index >= 15 is 0 Å². The molecule has 0 heterocycles. The molecule has 0 atom stereocenters. The molecule has 0 aliphatic heterocycles. The largest absolute Gasteiger partial charge is 0.466 e. The Hall–Kier alpha value is -2.82. The number of carbonyl (C=O) groups excluding carboxylic acids is 2. The molecule has 0 saturated carbocycles. The number of amides is 1. The van der Waals surface area contributed by atoms with Crippen molar-refractivity contribution in [1.82, 2.24) is 0 Å². The molecule has 23 heavy (non-hydrogen) atoms. The van der Waals surface area contributed by atoms with Crippen molar-refractivity contribution >= 4 is 17.6 Å². The van der Waals surface area contributed by atoms with Crippen LogP contribution in [-0.2, 0) is 14.3 Å². The molecule has 1 N–H and O–H groups in total. The van der Waals surface area contributed by atoms with Gasteiger partial charge >= 0.3 is 5.97 Å². The van der Waals surface area contributed by atoms with Crippen molar-refractivity contribution in [3.8, 4) is 11.5 Å². The van der Waals surface area contributed by atoms with E-state index in [4.69, 9.17) is 9.47 Å². The molecule has 0 unspecified atom stereocenters. The maximum atomic E-state index is 11.7. The summed E-state index contributed by atoms with van der Waals surface area (Å²) in [5.41, 5.74) is 0.652. The molecule has 0 aliphatic carbocycles. The topological polar surface area (TPSA) is 64.6 Å². The first-order valence-electron chi connectivity index (χ1n) is 7.46. The van der Waals surface area contributed by atoms with Gasteiger partial charge in [-0.3, -0.25) is 9.59 Å². The fourth-order valence-electron chi connectivity index (χ4n) is 1.90. The number of esters is 1. The van der Waals surface area contributed by atoms with E-state index in [-0.39, 0.29) is 24.7 Å². The Morgan fingerprint density at radius 3 is 2.22 bits per heavy atom. The fraction of sp³-hybridized carbons (Fsp3) is 0.222. The Morgan fingerprint density at radius 1 is 0.913 bits per heavy atom. The van der Waals surface area contributed by atoms with E-state index in [1.165, 1.54) is 0 Å². The minimum Gasteiger partial charge on any atom is -0.466 e. The molecule has 5 heteroatoms. The average Bonchev–Trinajstić information content (AvgIpc) is 2.56. The molecule has 2 aromatic carbocycles. The summed E-state index contributed by atoms with van der Waals surface area (Å²) in [7, 11) is 0. The summed E-state index contributed by atoms with van der Waals surface area (Å²) in [6, 6.07) is 16.5. The third-order valence-corrected chi connectivity index (χ3v) is 2.98. The van der Waals surface area contributed by atoms with Crippen molar-refractivity contribution in [2.24, 2.45) is 0 Å². The van der Waals surface area contributed by atoms with E-state index in [0.717, 1.165) is 5.75 Å². The monoisotopic (exact) mass is 313 g/mol. The van der Waals surface area contributed by atoms with Gasteiger partial charge in [-0.25, -0.2) is 0 Å². The van der Waals surface area contributed by atoms with Gasteiger partial charge < -0.3 is 14.8 Å². The van der Waals surface area contributed by atoms with Crippen LogP contribution in [0.1, 0.15) is 19.8 Å². The van der Waals surface area contributed by atoms with Crippen LogP contribution in [0, 0.1) is 0 Å². The van der Waals surface area contributed by atoms with Crippen LogP contribution in [0.15, 0.2) is 54.6 Å². The first-order chi connectivity index (χ1) is 11.2. The number of hydrogen-bond donors (Lipinski definition) is 1. The van der Waals surface area contributed by atoms with E-state index in [1.54, 1.807) is 31.2 Å². The van der Waals surface area contributed by atoms with Gasteiger partial charge in [0.2, 0.25) is 5.91 Å². The number of para-hydroxylation sites is 1. The summed E-state index contributed by atoms with van der Waals surface area (Å²) in [5, 5.41) is 2.73.